The highest BCUT2D eigenvalue weighted by Crippen LogP contribution is 2.32. The van der Waals surface area contributed by atoms with Crippen LogP contribution in [0.2, 0.25) is 0 Å². The lowest BCUT2D eigenvalue weighted by molar-refractivity contribution is 0.795. The summed E-state index contributed by atoms with van der Waals surface area (Å²) in [5.74, 6) is 1.54. The zero-order chi connectivity index (χ0) is 15.1. The quantitative estimate of drug-likeness (QED) is 0.728. The Kier molecular flexibility index (Phi) is 2.92. The van der Waals surface area contributed by atoms with Gasteiger partial charge in [0.1, 0.15) is 0 Å². The monoisotopic (exact) mass is 291 g/mol. The van der Waals surface area contributed by atoms with E-state index in [4.69, 9.17) is 4.98 Å². The summed E-state index contributed by atoms with van der Waals surface area (Å²) in [5.41, 5.74) is 4.61. The molecule has 0 unspecified atom stereocenters. The van der Waals surface area contributed by atoms with E-state index in [0.717, 1.165) is 36.1 Å². The van der Waals surface area contributed by atoms with Gasteiger partial charge in [-0.15, -0.1) is 0 Å². The van der Waals surface area contributed by atoms with Crippen molar-refractivity contribution in [1.82, 2.24) is 19.7 Å². The third-order valence-electron chi connectivity index (χ3n) is 3.98. The van der Waals surface area contributed by atoms with Gasteiger partial charge in [-0.2, -0.15) is 10.1 Å². The van der Waals surface area contributed by atoms with E-state index in [0.29, 0.717) is 0 Å². The van der Waals surface area contributed by atoms with E-state index in [9.17, 15) is 0 Å². The van der Waals surface area contributed by atoms with Crippen LogP contribution in [0.4, 0.5) is 11.6 Å². The smallest absolute Gasteiger partial charge is 0.231 e. The fraction of sp³-hybridized carbons (Fsp3) is 0.235. The predicted octanol–water partition coefficient (Wildman–Crippen LogP) is 2.97. The second-order valence-corrected chi connectivity index (χ2v) is 5.58. The maximum Gasteiger partial charge on any atom is 0.231 e. The topological polar surface area (TPSA) is 46.8 Å². The molecule has 3 heterocycles. The molecule has 4 rings (SSSR count). The molecule has 0 atom stereocenters. The van der Waals surface area contributed by atoms with Crippen LogP contribution in [0.5, 0.6) is 0 Å². The first-order chi connectivity index (χ1) is 10.7. The number of anilines is 2. The Labute approximate surface area is 129 Å². The molecule has 1 aliphatic rings. The average Bonchev–Trinajstić information content (AvgIpc) is 3.10. The molecule has 110 valence electrons. The molecule has 5 heteroatoms. The third kappa shape index (κ3) is 2.06. The van der Waals surface area contributed by atoms with Gasteiger partial charge in [0.25, 0.3) is 0 Å². The highest BCUT2D eigenvalue weighted by atomic mass is 15.3. The maximum absolute atomic E-state index is 4.71. The Morgan fingerprint density at radius 1 is 1.09 bits per heavy atom. The van der Waals surface area contributed by atoms with E-state index in [1.165, 1.54) is 11.3 Å². The first-order valence-corrected chi connectivity index (χ1v) is 7.44. The second-order valence-electron chi connectivity index (χ2n) is 5.58. The number of nitrogens with zero attached hydrogens (tertiary/aromatic N) is 5. The largest absolute Gasteiger partial charge is 0.310 e. The van der Waals surface area contributed by atoms with E-state index >= 15 is 0 Å². The number of para-hydroxylation sites is 1. The fourth-order valence-electron chi connectivity index (χ4n) is 2.99. The normalized spacial score (nSPS) is 13.5. The first kappa shape index (κ1) is 13.0. The van der Waals surface area contributed by atoms with Crippen molar-refractivity contribution in [2.24, 2.45) is 0 Å². The number of hydrogen-bond donors (Lipinski definition) is 0. The minimum atomic E-state index is 0.731. The van der Waals surface area contributed by atoms with Gasteiger partial charge in [0, 0.05) is 30.2 Å². The maximum atomic E-state index is 4.71. The van der Waals surface area contributed by atoms with E-state index < -0.39 is 0 Å². The van der Waals surface area contributed by atoms with Crippen molar-refractivity contribution in [3.8, 4) is 5.82 Å². The minimum absolute atomic E-state index is 0.731. The van der Waals surface area contributed by atoms with Crippen LogP contribution in [-0.2, 0) is 6.42 Å². The minimum Gasteiger partial charge on any atom is -0.310 e. The second kappa shape index (κ2) is 4.94. The Morgan fingerprint density at radius 3 is 2.77 bits per heavy atom. The average molecular weight is 291 g/mol. The van der Waals surface area contributed by atoms with Gasteiger partial charge in [-0.25, -0.2) is 9.67 Å². The predicted molar refractivity (Wildman–Crippen MR) is 85.8 cm³/mol. The Bertz CT molecular complexity index is 837. The molecule has 1 aliphatic heterocycles. The fourth-order valence-corrected chi connectivity index (χ4v) is 2.99. The van der Waals surface area contributed by atoms with Crippen LogP contribution in [-0.4, -0.2) is 26.3 Å². The molecule has 0 spiro atoms. The van der Waals surface area contributed by atoms with Gasteiger partial charge in [0.2, 0.25) is 5.95 Å². The van der Waals surface area contributed by atoms with Crippen LogP contribution in [0.25, 0.3) is 5.82 Å². The molecule has 22 heavy (non-hydrogen) atoms. The molecule has 0 amide bonds. The van der Waals surface area contributed by atoms with Crippen LogP contribution >= 0.6 is 0 Å². The van der Waals surface area contributed by atoms with Gasteiger partial charge in [0.05, 0.1) is 5.69 Å². The van der Waals surface area contributed by atoms with Gasteiger partial charge in [-0.05, 0) is 38.0 Å². The Balaban J connectivity index is 1.76. The molecule has 0 radical (unpaired) electrons. The molecule has 3 aromatic rings. The van der Waals surface area contributed by atoms with Crippen molar-refractivity contribution in [3.63, 3.8) is 0 Å². The summed E-state index contributed by atoms with van der Waals surface area (Å²) in [5, 5.41) is 4.50. The SMILES string of the molecule is Cc1cc(C)n(-c2ccnc(N3CCc4ccccc43)n2)n1. The zero-order valence-electron chi connectivity index (χ0n) is 12.7. The van der Waals surface area contributed by atoms with Crippen molar-refractivity contribution < 1.29 is 0 Å². The molecular weight excluding hydrogens is 274 g/mol. The lowest BCUT2D eigenvalue weighted by atomic mass is 10.2. The van der Waals surface area contributed by atoms with Crippen LogP contribution in [0.15, 0.2) is 42.6 Å². The standard InChI is InChI=1S/C17H17N5/c1-12-11-13(2)22(20-12)16-7-9-18-17(19-16)21-10-8-14-5-3-4-6-15(14)21/h3-7,9,11H,8,10H2,1-2H3. The summed E-state index contributed by atoms with van der Waals surface area (Å²) >= 11 is 0. The van der Waals surface area contributed by atoms with Gasteiger partial charge < -0.3 is 4.90 Å². The number of hydrogen-bond acceptors (Lipinski definition) is 4. The molecule has 2 aromatic heterocycles. The highest BCUT2D eigenvalue weighted by Gasteiger charge is 2.22. The van der Waals surface area contributed by atoms with Crippen LogP contribution in [0.1, 0.15) is 17.0 Å². The van der Waals surface area contributed by atoms with Crippen LogP contribution in [0.3, 0.4) is 0 Å². The van der Waals surface area contributed by atoms with Crippen molar-refractivity contribution in [2.45, 2.75) is 20.3 Å². The summed E-state index contributed by atoms with van der Waals surface area (Å²) in [6.45, 7) is 4.94. The number of aromatic nitrogens is 4. The molecule has 0 bridgehead atoms. The number of fused-ring (bicyclic) bond motifs is 1. The zero-order valence-corrected chi connectivity index (χ0v) is 12.7. The van der Waals surface area contributed by atoms with Gasteiger partial charge >= 0.3 is 0 Å². The molecule has 0 saturated heterocycles. The summed E-state index contributed by atoms with van der Waals surface area (Å²) in [7, 11) is 0. The lowest BCUT2D eigenvalue weighted by Crippen LogP contribution is -2.17. The van der Waals surface area contributed by atoms with E-state index in [1.807, 2.05) is 30.7 Å². The van der Waals surface area contributed by atoms with Crippen molar-refractivity contribution in [1.29, 1.82) is 0 Å². The number of rotatable bonds is 2. The summed E-state index contributed by atoms with van der Waals surface area (Å²) < 4.78 is 1.86. The molecular formula is C17H17N5. The summed E-state index contributed by atoms with van der Waals surface area (Å²) in [6, 6.07) is 12.4. The van der Waals surface area contributed by atoms with E-state index in [1.54, 1.807) is 6.20 Å². The van der Waals surface area contributed by atoms with Crippen molar-refractivity contribution in [2.75, 3.05) is 11.4 Å². The molecule has 0 fully saturated rings. The molecule has 5 nitrogen and oxygen atoms in total. The molecule has 0 saturated carbocycles. The van der Waals surface area contributed by atoms with Gasteiger partial charge in [-0.1, -0.05) is 18.2 Å². The molecule has 1 aromatic carbocycles. The molecule has 0 aliphatic carbocycles. The van der Waals surface area contributed by atoms with Crippen molar-refractivity contribution >= 4 is 11.6 Å². The number of benzene rings is 1. The first-order valence-electron chi connectivity index (χ1n) is 7.44. The van der Waals surface area contributed by atoms with Gasteiger partial charge in [-0.3, -0.25) is 0 Å². The Hall–Kier alpha value is -2.69. The van der Waals surface area contributed by atoms with Crippen LogP contribution < -0.4 is 4.90 Å². The van der Waals surface area contributed by atoms with Crippen LogP contribution in [0, 0.1) is 13.8 Å². The molecule has 0 N–H and O–H groups in total. The Morgan fingerprint density at radius 2 is 1.95 bits per heavy atom. The lowest BCUT2D eigenvalue weighted by Gasteiger charge is -2.17. The number of aryl methyl sites for hydroxylation is 2. The van der Waals surface area contributed by atoms with E-state index in [-0.39, 0.29) is 0 Å². The summed E-state index contributed by atoms with van der Waals surface area (Å²) in [6.07, 6.45) is 2.83. The third-order valence-corrected chi connectivity index (χ3v) is 3.98. The highest BCUT2D eigenvalue weighted by molar-refractivity contribution is 5.65. The summed E-state index contributed by atoms with van der Waals surface area (Å²) in [4.78, 5) is 11.3. The van der Waals surface area contributed by atoms with Crippen molar-refractivity contribution in [3.05, 3.63) is 59.5 Å². The van der Waals surface area contributed by atoms with E-state index in [2.05, 4.69) is 39.2 Å². The van der Waals surface area contributed by atoms with Gasteiger partial charge in [0.15, 0.2) is 5.82 Å².